The molecule has 2 rings (SSSR count). The molecule has 3 heteroatoms. The van der Waals surface area contributed by atoms with Gasteiger partial charge in [0.15, 0.2) is 0 Å². The smallest absolute Gasteiger partial charge is 0.0717 e. The predicted octanol–water partition coefficient (Wildman–Crippen LogP) is 2.41. The molecule has 0 aliphatic carbocycles. The van der Waals surface area contributed by atoms with Gasteiger partial charge in [0.25, 0.3) is 0 Å². The summed E-state index contributed by atoms with van der Waals surface area (Å²) in [7, 11) is 0. The van der Waals surface area contributed by atoms with Gasteiger partial charge in [-0.25, -0.2) is 0 Å². The van der Waals surface area contributed by atoms with Crippen molar-refractivity contribution in [1.29, 1.82) is 0 Å². The van der Waals surface area contributed by atoms with Crippen molar-refractivity contribution >= 4 is 0 Å². The minimum Gasteiger partial charge on any atom is -0.375 e. The van der Waals surface area contributed by atoms with E-state index in [9.17, 15) is 0 Å². The zero-order chi connectivity index (χ0) is 14.4. The van der Waals surface area contributed by atoms with E-state index < -0.39 is 0 Å². The van der Waals surface area contributed by atoms with Gasteiger partial charge in [-0.1, -0.05) is 45.0 Å². The highest BCUT2D eigenvalue weighted by molar-refractivity contribution is 5.27. The van der Waals surface area contributed by atoms with Crippen LogP contribution in [0.3, 0.4) is 0 Å². The van der Waals surface area contributed by atoms with Crippen LogP contribution in [0.15, 0.2) is 24.3 Å². The SMILES string of the molecule is CC(C)(C)c1ccc(COCCN2CCNCC2)cc1. The molecule has 1 saturated heterocycles. The lowest BCUT2D eigenvalue weighted by atomic mass is 9.87. The number of hydrogen-bond acceptors (Lipinski definition) is 3. The van der Waals surface area contributed by atoms with E-state index in [1.807, 2.05) is 0 Å². The Morgan fingerprint density at radius 2 is 1.75 bits per heavy atom. The predicted molar refractivity (Wildman–Crippen MR) is 84.1 cm³/mol. The van der Waals surface area contributed by atoms with Crippen LogP contribution < -0.4 is 5.32 Å². The van der Waals surface area contributed by atoms with Crippen molar-refractivity contribution in [2.45, 2.75) is 32.8 Å². The quantitative estimate of drug-likeness (QED) is 0.836. The molecule has 112 valence electrons. The van der Waals surface area contributed by atoms with Crippen LogP contribution in [0.2, 0.25) is 0 Å². The first-order chi connectivity index (χ1) is 9.55. The first-order valence-corrected chi connectivity index (χ1v) is 7.66. The normalized spacial score (nSPS) is 17.4. The number of nitrogens with zero attached hydrogens (tertiary/aromatic N) is 1. The summed E-state index contributed by atoms with van der Waals surface area (Å²) in [4.78, 5) is 2.46. The molecule has 1 heterocycles. The van der Waals surface area contributed by atoms with E-state index in [2.05, 4.69) is 55.3 Å². The van der Waals surface area contributed by atoms with Crippen molar-refractivity contribution in [1.82, 2.24) is 10.2 Å². The summed E-state index contributed by atoms with van der Waals surface area (Å²) in [5.74, 6) is 0. The van der Waals surface area contributed by atoms with Crippen LogP contribution in [-0.2, 0) is 16.8 Å². The fraction of sp³-hybridized carbons (Fsp3) is 0.647. The van der Waals surface area contributed by atoms with E-state index in [1.165, 1.54) is 11.1 Å². The molecular weight excluding hydrogens is 248 g/mol. The summed E-state index contributed by atoms with van der Waals surface area (Å²) in [6.45, 7) is 13.8. The fourth-order valence-corrected chi connectivity index (χ4v) is 2.42. The van der Waals surface area contributed by atoms with Gasteiger partial charge in [0, 0.05) is 32.7 Å². The Kier molecular flexibility index (Phi) is 5.58. The highest BCUT2D eigenvalue weighted by Gasteiger charge is 2.12. The van der Waals surface area contributed by atoms with Crippen LogP contribution in [0.5, 0.6) is 0 Å². The third-order valence-corrected chi connectivity index (χ3v) is 3.85. The summed E-state index contributed by atoms with van der Waals surface area (Å²) in [6.07, 6.45) is 0. The van der Waals surface area contributed by atoms with Crippen molar-refractivity contribution in [2.24, 2.45) is 0 Å². The molecule has 0 radical (unpaired) electrons. The molecule has 1 aromatic carbocycles. The maximum absolute atomic E-state index is 5.79. The molecule has 1 aromatic rings. The molecule has 0 saturated carbocycles. The molecule has 0 unspecified atom stereocenters. The van der Waals surface area contributed by atoms with E-state index in [0.29, 0.717) is 0 Å². The topological polar surface area (TPSA) is 24.5 Å². The zero-order valence-electron chi connectivity index (χ0n) is 13.1. The highest BCUT2D eigenvalue weighted by atomic mass is 16.5. The molecule has 3 nitrogen and oxygen atoms in total. The van der Waals surface area contributed by atoms with Crippen LogP contribution >= 0.6 is 0 Å². The molecule has 0 aromatic heterocycles. The van der Waals surface area contributed by atoms with Gasteiger partial charge in [-0.15, -0.1) is 0 Å². The summed E-state index contributed by atoms with van der Waals surface area (Å²) in [5.41, 5.74) is 2.86. The molecule has 0 atom stereocenters. The van der Waals surface area contributed by atoms with E-state index in [-0.39, 0.29) is 5.41 Å². The number of benzene rings is 1. The van der Waals surface area contributed by atoms with Crippen molar-refractivity contribution < 1.29 is 4.74 Å². The molecule has 0 bridgehead atoms. The Balaban J connectivity index is 1.68. The third kappa shape index (κ3) is 4.89. The molecule has 1 aliphatic heterocycles. The minimum absolute atomic E-state index is 0.224. The van der Waals surface area contributed by atoms with Crippen LogP contribution in [0.4, 0.5) is 0 Å². The Labute approximate surface area is 123 Å². The number of nitrogens with one attached hydrogen (secondary N) is 1. The lowest BCUT2D eigenvalue weighted by Gasteiger charge is -2.26. The molecule has 20 heavy (non-hydrogen) atoms. The summed E-state index contributed by atoms with van der Waals surface area (Å²) in [6, 6.07) is 8.81. The highest BCUT2D eigenvalue weighted by Crippen LogP contribution is 2.22. The van der Waals surface area contributed by atoms with Gasteiger partial charge in [-0.05, 0) is 16.5 Å². The Hall–Kier alpha value is -0.900. The Morgan fingerprint density at radius 1 is 1.10 bits per heavy atom. The number of ether oxygens (including phenoxy) is 1. The second-order valence-corrected chi connectivity index (χ2v) is 6.59. The van der Waals surface area contributed by atoms with Crippen molar-refractivity contribution in [3.63, 3.8) is 0 Å². The lowest BCUT2D eigenvalue weighted by molar-refractivity contribution is 0.0886. The first-order valence-electron chi connectivity index (χ1n) is 7.66. The summed E-state index contributed by atoms with van der Waals surface area (Å²) >= 11 is 0. The standard InChI is InChI=1S/C17H28N2O/c1-17(2,3)16-6-4-15(5-7-16)14-20-13-12-19-10-8-18-9-11-19/h4-7,18H,8-14H2,1-3H3. The van der Waals surface area contributed by atoms with Crippen LogP contribution in [0.25, 0.3) is 0 Å². The number of piperazine rings is 1. The lowest BCUT2D eigenvalue weighted by Crippen LogP contribution is -2.44. The molecule has 1 aliphatic rings. The van der Waals surface area contributed by atoms with Crippen LogP contribution in [0.1, 0.15) is 31.9 Å². The minimum atomic E-state index is 0.224. The summed E-state index contributed by atoms with van der Waals surface area (Å²) < 4.78 is 5.79. The largest absolute Gasteiger partial charge is 0.375 e. The fourth-order valence-electron chi connectivity index (χ4n) is 2.42. The van der Waals surface area contributed by atoms with E-state index in [1.54, 1.807) is 0 Å². The van der Waals surface area contributed by atoms with E-state index in [4.69, 9.17) is 4.74 Å². The molecule has 1 fully saturated rings. The van der Waals surface area contributed by atoms with Gasteiger partial charge in [0.2, 0.25) is 0 Å². The van der Waals surface area contributed by atoms with Gasteiger partial charge in [0.05, 0.1) is 13.2 Å². The Morgan fingerprint density at radius 3 is 2.35 bits per heavy atom. The number of hydrogen-bond donors (Lipinski definition) is 1. The van der Waals surface area contributed by atoms with Gasteiger partial charge in [0.1, 0.15) is 0 Å². The average Bonchev–Trinajstić information content (AvgIpc) is 2.44. The third-order valence-electron chi connectivity index (χ3n) is 3.85. The second-order valence-electron chi connectivity index (χ2n) is 6.59. The second kappa shape index (κ2) is 7.21. The molecule has 0 amide bonds. The summed E-state index contributed by atoms with van der Waals surface area (Å²) in [5, 5.41) is 3.37. The monoisotopic (exact) mass is 276 g/mol. The van der Waals surface area contributed by atoms with Gasteiger partial charge < -0.3 is 10.1 Å². The van der Waals surface area contributed by atoms with E-state index in [0.717, 1.165) is 45.9 Å². The van der Waals surface area contributed by atoms with Crippen LogP contribution in [-0.4, -0.2) is 44.2 Å². The first kappa shape index (κ1) is 15.5. The average molecular weight is 276 g/mol. The van der Waals surface area contributed by atoms with Crippen molar-refractivity contribution in [3.8, 4) is 0 Å². The molecule has 0 spiro atoms. The van der Waals surface area contributed by atoms with Gasteiger partial charge in [-0.2, -0.15) is 0 Å². The van der Waals surface area contributed by atoms with E-state index >= 15 is 0 Å². The molecule has 1 N–H and O–H groups in total. The van der Waals surface area contributed by atoms with Gasteiger partial charge >= 0.3 is 0 Å². The zero-order valence-corrected chi connectivity index (χ0v) is 13.1. The maximum atomic E-state index is 5.79. The Bertz CT molecular complexity index is 388. The number of rotatable bonds is 5. The molecular formula is C17H28N2O. The van der Waals surface area contributed by atoms with Crippen molar-refractivity contribution in [3.05, 3.63) is 35.4 Å². The van der Waals surface area contributed by atoms with Crippen LogP contribution in [0, 0.1) is 0 Å². The maximum Gasteiger partial charge on any atom is 0.0717 e. The van der Waals surface area contributed by atoms with Gasteiger partial charge in [-0.3, -0.25) is 4.90 Å². The van der Waals surface area contributed by atoms with Crippen molar-refractivity contribution in [2.75, 3.05) is 39.3 Å².